The van der Waals surface area contributed by atoms with E-state index in [9.17, 15) is 19.2 Å². The van der Waals surface area contributed by atoms with Gasteiger partial charge in [0.1, 0.15) is 11.4 Å². The lowest BCUT2D eigenvalue weighted by atomic mass is 9.90. The molecule has 3 saturated heterocycles. The molecule has 1 N–H and O–H groups in total. The highest BCUT2D eigenvalue weighted by atomic mass is 16.2. The summed E-state index contributed by atoms with van der Waals surface area (Å²) in [5.74, 6) is 0.265. The van der Waals surface area contributed by atoms with Gasteiger partial charge in [0.05, 0.1) is 23.8 Å². The lowest BCUT2D eigenvalue weighted by Crippen LogP contribution is -2.50. The second-order valence-electron chi connectivity index (χ2n) is 15.9. The zero-order valence-corrected chi connectivity index (χ0v) is 34.6. The lowest BCUT2D eigenvalue weighted by Gasteiger charge is -2.34. The molecule has 0 spiro atoms. The number of nitrogens with zero attached hydrogens (tertiary/aromatic N) is 8. The molecular weight excluding hydrogens is 755 g/mol. The van der Waals surface area contributed by atoms with Gasteiger partial charge in [-0.2, -0.15) is 5.26 Å². The number of ketones is 1. The van der Waals surface area contributed by atoms with Crippen LogP contribution in [0.4, 0.5) is 5.69 Å². The van der Waals surface area contributed by atoms with Crippen LogP contribution in [0.1, 0.15) is 92.6 Å². The lowest BCUT2D eigenvalue weighted by molar-refractivity contribution is -0.130. The highest BCUT2D eigenvalue weighted by Gasteiger charge is 2.26. The average molecular weight is 808 g/mol. The molecule has 3 aliphatic rings. The fourth-order valence-corrected chi connectivity index (χ4v) is 7.78. The van der Waals surface area contributed by atoms with Crippen molar-refractivity contribution in [3.05, 3.63) is 136 Å². The standard InChI is InChI=1S/C26H30N6O3.C21H23N3O/c1-19(33)31-13-15-32(16-14-31)26(35)21-5-8-24(28-17-21)25(34)29-23-9-11-30(12-10-23)18-20-3-6-22(27-2)7-4-20;1-16-2-7-20(23-14-16)21(25)12-17-8-10-24(11-9-17)15-19-5-3-18(13-22)4-6-19/h3-8,17,23H,9-16,18H2,1H3,(H,29,34);2-7,14,17H,8-12,15H2,1H3. The SMILES string of the molecule is Cc1ccc(C(=O)CC2CCN(Cc3ccc(C#N)cc3)CC2)nc1.[C-]#[N+]c1ccc(CN2CCC(NC(=O)c3ccc(C(=O)N4CCN(C(C)=O)CC4)cn3)CC2)cc1. The van der Waals surface area contributed by atoms with Crippen molar-refractivity contribution in [3.8, 4) is 6.07 Å². The molecule has 0 atom stereocenters. The number of carbonyl (C=O) groups excluding carboxylic acids is 4. The minimum Gasteiger partial charge on any atom is -0.348 e. The Bertz CT molecular complexity index is 2150. The number of piperidine rings is 2. The maximum Gasteiger partial charge on any atom is 0.270 e. The van der Waals surface area contributed by atoms with E-state index in [1.165, 1.54) is 24.2 Å². The number of nitrogens with one attached hydrogen (secondary N) is 1. The van der Waals surface area contributed by atoms with Crippen molar-refractivity contribution >= 4 is 29.2 Å². The fourth-order valence-electron chi connectivity index (χ4n) is 7.78. The number of Topliss-reactive ketones (excluding diaryl/α,β-unsaturated/α-hetero) is 1. The van der Waals surface area contributed by atoms with Crippen molar-refractivity contribution in [2.24, 2.45) is 5.92 Å². The Balaban J connectivity index is 0.000000213. The largest absolute Gasteiger partial charge is 0.348 e. The number of amides is 3. The Hall–Kier alpha value is -6.28. The van der Waals surface area contributed by atoms with Crippen LogP contribution in [-0.2, 0) is 17.9 Å². The molecule has 3 amide bonds. The minimum absolute atomic E-state index is 0.0204. The third-order valence-electron chi connectivity index (χ3n) is 11.5. The second kappa shape index (κ2) is 21.1. The molecule has 0 unspecified atom stereocenters. The zero-order valence-electron chi connectivity index (χ0n) is 34.6. The molecule has 3 aliphatic heterocycles. The number of piperazine rings is 1. The molecular formula is C47H53N9O4. The van der Waals surface area contributed by atoms with Gasteiger partial charge in [0, 0.05) is 84.1 Å². The van der Waals surface area contributed by atoms with E-state index >= 15 is 0 Å². The predicted octanol–water partition coefficient (Wildman–Crippen LogP) is 6.08. The topological polar surface area (TPSA) is 147 Å². The van der Waals surface area contributed by atoms with Crippen LogP contribution in [0.3, 0.4) is 0 Å². The average Bonchev–Trinajstić information content (AvgIpc) is 3.28. The zero-order chi connectivity index (χ0) is 42.4. The minimum atomic E-state index is -0.229. The number of aryl methyl sites for hydroxylation is 1. The van der Waals surface area contributed by atoms with E-state index in [2.05, 4.69) is 36.0 Å². The first-order valence-electron chi connectivity index (χ1n) is 20.7. The molecule has 2 aromatic carbocycles. The summed E-state index contributed by atoms with van der Waals surface area (Å²) in [6, 6.07) is 24.7. The summed E-state index contributed by atoms with van der Waals surface area (Å²) in [5, 5.41) is 11.9. The number of pyridine rings is 2. The first-order chi connectivity index (χ1) is 29.1. The Morgan fingerprint density at radius 3 is 1.83 bits per heavy atom. The van der Waals surface area contributed by atoms with E-state index in [1.54, 1.807) is 28.1 Å². The van der Waals surface area contributed by atoms with E-state index < -0.39 is 0 Å². The van der Waals surface area contributed by atoms with Gasteiger partial charge in [-0.25, -0.2) is 4.85 Å². The van der Waals surface area contributed by atoms with E-state index in [0.717, 1.165) is 70.5 Å². The molecule has 0 aliphatic carbocycles. The highest BCUT2D eigenvalue weighted by Crippen LogP contribution is 2.24. The van der Waals surface area contributed by atoms with Gasteiger partial charge in [-0.05, 0) is 98.6 Å². The van der Waals surface area contributed by atoms with E-state index in [-0.39, 0.29) is 29.5 Å². The van der Waals surface area contributed by atoms with Crippen LogP contribution in [0.15, 0.2) is 85.2 Å². The summed E-state index contributed by atoms with van der Waals surface area (Å²) in [6.45, 7) is 18.1. The van der Waals surface area contributed by atoms with Crippen LogP contribution in [0.25, 0.3) is 4.85 Å². The van der Waals surface area contributed by atoms with Gasteiger partial charge < -0.3 is 15.1 Å². The normalized spacial score (nSPS) is 16.5. The number of hydrogen-bond donors (Lipinski definition) is 1. The molecule has 310 valence electrons. The molecule has 60 heavy (non-hydrogen) atoms. The van der Waals surface area contributed by atoms with Gasteiger partial charge in [0.2, 0.25) is 5.91 Å². The maximum absolute atomic E-state index is 12.7. The number of hydrogen-bond acceptors (Lipinski definition) is 9. The number of benzene rings is 2. The first kappa shape index (κ1) is 43.3. The number of aromatic nitrogens is 2. The van der Waals surface area contributed by atoms with Crippen LogP contribution in [0.5, 0.6) is 0 Å². The molecule has 13 heteroatoms. The number of likely N-dealkylation sites (tertiary alicyclic amines) is 2. The van der Waals surface area contributed by atoms with Crippen LogP contribution in [-0.4, -0.2) is 111 Å². The van der Waals surface area contributed by atoms with Crippen LogP contribution in [0.2, 0.25) is 0 Å². The van der Waals surface area contributed by atoms with Crippen LogP contribution >= 0.6 is 0 Å². The van der Waals surface area contributed by atoms with Crippen molar-refractivity contribution in [2.45, 2.75) is 65.1 Å². The molecule has 3 fully saturated rings. The van der Waals surface area contributed by atoms with Gasteiger partial charge in [-0.1, -0.05) is 42.5 Å². The molecule has 4 aromatic rings. The van der Waals surface area contributed by atoms with Crippen molar-refractivity contribution in [1.82, 2.24) is 34.9 Å². The Labute approximate surface area is 352 Å². The number of rotatable bonds is 10. The van der Waals surface area contributed by atoms with Crippen LogP contribution in [0, 0.1) is 30.7 Å². The Kier molecular flexibility index (Phi) is 15.2. The summed E-state index contributed by atoms with van der Waals surface area (Å²) in [5.41, 5.74) is 6.16. The quantitative estimate of drug-likeness (QED) is 0.149. The molecule has 5 heterocycles. The highest BCUT2D eigenvalue weighted by molar-refractivity contribution is 5.96. The molecule has 0 bridgehead atoms. The Morgan fingerprint density at radius 2 is 1.30 bits per heavy atom. The van der Waals surface area contributed by atoms with E-state index in [1.807, 2.05) is 67.6 Å². The number of carbonyl (C=O) groups is 4. The summed E-state index contributed by atoms with van der Waals surface area (Å²) in [6.07, 6.45) is 7.62. The smallest absolute Gasteiger partial charge is 0.270 e. The monoisotopic (exact) mass is 807 g/mol. The van der Waals surface area contributed by atoms with Gasteiger partial charge in [-0.3, -0.25) is 38.9 Å². The first-order valence-corrected chi connectivity index (χ1v) is 20.7. The van der Waals surface area contributed by atoms with Crippen molar-refractivity contribution < 1.29 is 19.2 Å². The molecule has 7 rings (SSSR count). The van der Waals surface area contributed by atoms with Crippen molar-refractivity contribution in [1.29, 1.82) is 5.26 Å². The third kappa shape index (κ3) is 12.4. The van der Waals surface area contributed by atoms with Crippen molar-refractivity contribution in [2.75, 3.05) is 52.4 Å². The summed E-state index contributed by atoms with van der Waals surface area (Å²) in [7, 11) is 0. The Morgan fingerprint density at radius 1 is 0.733 bits per heavy atom. The van der Waals surface area contributed by atoms with Gasteiger partial charge in [-0.15, -0.1) is 0 Å². The third-order valence-corrected chi connectivity index (χ3v) is 11.5. The fraction of sp³-hybridized carbons (Fsp3) is 0.404. The maximum atomic E-state index is 12.7. The van der Waals surface area contributed by atoms with Crippen LogP contribution < -0.4 is 5.32 Å². The summed E-state index contributed by atoms with van der Waals surface area (Å²) < 4.78 is 0. The molecule has 2 aromatic heterocycles. The van der Waals surface area contributed by atoms with E-state index in [4.69, 9.17) is 11.8 Å². The summed E-state index contributed by atoms with van der Waals surface area (Å²) >= 11 is 0. The number of nitriles is 1. The molecule has 0 radical (unpaired) electrons. The van der Waals surface area contributed by atoms with Gasteiger partial charge >= 0.3 is 0 Å². The molecule has 0 saturated carbocycles. The second-order valence-corrected chi connectivity index (χ2v) is 15.9. The van der Waals surface area contributed by atoms with Gasteiger partial charge in [0.15, 0.2) is 11.5 Å². The van der Waals surface area contributed by atoms with Gasteiger partial charge in [0.25, 0.3) is 11.8 Å². The van der Waals surface area contributed by atoms with Crippen molar-refractivity contribution in [3.63, 3.8) is 0 Å². The van der Waals surface area contributed by atoms with E-state index in [0.29, 0.717) is 66.7 Å². The molecule has 13 nitrogen and oxygen atoms in total. The predicted molar refractivity (Wildman–Crippen MR) is 228 cm³/mol. The summed E-state index contributed by atoms with van der Waals surface area (Å²) in [4.78, 5) is 69.4.